The minimum atomic E-state index is -1.12. The molecule has 6 heteroatoms. The summed E-state index contributed by atoms with van der Waals surface area (Å²) in [5.74, 6) is -1.30. The second kappa shape index (κ2) is 6.85. The summed E-state index contributed by atoms with van der Waals surface area (Å²) in [6.07, 6.45) is 7.70. The van der Waals surface area contributed by atoms with Gasteiger partial charge < -0.3 is 10.4 Å². The lowest BCUT2D eigenvalue weighted by atomic mass is 9.90. The van der Waals surface area contributed by atoms with Gasteiger partial charge in [0.05, 0.1) is 10.7 Å². The normalized spacial score (nSPS) is 18.3. The first-order valence-electron chi connectivity index (χ1n) is 7.18. The minimum Gasteiger partial charge on any atom is -0.480 e. The zero-order valence-corrected chi connectivity index (χ0v) is 12.9. The Morgan fingerprint density at radius 1 is 1.33 bits per heavy atom. The molecule has 0 radical (unpaired) electrons. The van der Waals surface area contributed by atoms with Crippen molar-refractivity contribution in [3.05, 3.63) is 22.2 Å². The first-order valence-corrected chi connectivity index (χ1v) is 8.06. The quantitative estimate of drug-likeness (QED) is 0.662. The van der Waals surface area contributed by atoms with Gasteiger partial charge in [0.25, 0.3) is 0 Å². The van der Waals surface area contributed by atoms with E-state index in [-0.39, 0.29) is 5.91 Å². The van der Waals surface area contributed by atoms with Gasteiger partial charge in [-0.1, -0.05) is 25.7 Å². The number of carboxylic acid groups (broad SMARTS) is 1. The molecule has 0 unspecified atom stereocenters. The van der Waals surface area contributed by atoms with Gasteiger partial charge in [-0.2, -0.15) is 0 Å². The summed E-state index contributed by atoms with van der Waals surface area (Å²) in [6.45, 7) is 1.90. The van der Waals surface area contributed by atoms with Crippen LogP contribution in [0.4, 0.5) is 0 Å². The molecule has 0 aliphatic heterocycles. The molecule has 2 rings (SSSR count). The van der Waals surface area contributed by atoms with Crippen LogP contribution in [-0.4, -0.2) is 27.5 Å². The van der Waals surface area contributed by atoms with Crippen LogP contribution in [0.25, 0.3) is 6.08 Å². The Labute approximate surface area is 128 Å². The number of carbonyl (C=O) groups excluding carboxylic acids is 1. The fraction of sp³-hybridized carbons (Fsp3) is 0.533. The molecular formula is C15H20N2O3S. The molecule has 0 spiro atoms. The summed E-state index contributed by atoms with van der Waals surface area (Å²) in [5.41, 5.74) is -0.395. The van der Waals surface area contributed by atoms with Crippen LogP contribution in [0.2, 0.25) is 0 Å². The van der Waals surface area contributed by atoms with E-state index in [1.165, 1.54) is 17.4 Å². The highest BCUT2D eigenvalue weighted by Gasteiger charge is 2.39. The number of aromatic nitrogens is 1. The molecule has 5 nitrogen and oxygen atoms in total. The van der Waals surface area contributed by atoms with Gasteiger partial charge in [-0.25, -0.2) is 9.78 Å². The van der Waals surface area contributed by atoms with Crippen LogP contribution in [0.3, 0.4) is 0 Å². The van der Waals surface area contributed by atoms with E-state index in [4.69, 9.17) is 0 Å². The van der Waals surface area contributed by atoms with Crippen LogP contribution < -0.4 is 5.32 Å². The Hall–Kier alpha value is -1.69. The van der Waals surface area contributed by atoms with E-state index in [1.807, 2.05) is 12.3 Å². The van der Waals surface area contributed by atoms with E-state index in [0.29, 0.717) is 12.8 Å². The molecule has 1 saturated carbocycles. The third-order valence-corrected chi connectivity index (χ3v) is 4.56. The molecule has 1 aliphatic rings. The molecular weight excluding hydrogens is 288 g/mol. The lowest BCUT2D eigenvalue weighted by Crippen LogP contribution is -2.53. The van der Waals surface area contributed by atoms with Crippen LogP contribution in [0.1, 0.15) is 49.2 Å². The van der Waals surface area contributed by atoms with Crippen LogP contribution >= 0.6 is 11.3 Å². The van der Waals surface area contributed by atoms with Gasteiger partial charge in [0, 0.05) is 11.5 Å². The molecule has 2 N–H and O–H groups in total. The Balaban J connectivity index is 2.04. The number of carbonyl (C=O) groups is 2. The number of nitrogens with one attached hydrogen (secondary N) is 1. The van der Waals surface area contributed by atoms with Crippen molar-refractivity contribution in [3.8, 4) is 0 Å². The standard InChI is InChI=1S/C15H20N2O3S/c1-11-16-12(10-21-11)6-7-13(18)17-15(14(19)20)8-4-2-3-5-9-15/h6-7,10H,2-5,8-9H2,1H3,(H,17,18)(H,19,20)/b7-6+. The SMILES string of the molecule is Cc1nc(/C=C/C(=O)NC2(C(=O)O)CCCCCC2)cs1. The first-order chi connectivity index (χ1) is 10.0. The van der Waals surface area contributed by atoms with Crippen molar-refractivity contribution in [2.75, 3.05) is 0 Å². The average Bonchev–Trinajstić information content (AvgIpc) is 2.71. The third kappa shape index (κ3) is 4.14. The van der Waals surface area contributed by atoms with Gasteiger partial charge in [0.1, 0.15) is 5.54 Å². The highest BCUT2D eigenvalue weighted by molar-refractivity contribution is 7.09. The Morgan fingerprint density at radius 2 is 2.00 bits per heavy atom. The van der Waals surface area contributed by atoms with Crippen LogP contribution in [0.15, 0.2) is 11.5 Å². The number of carboxylic acids is 1. The second-order valence-corrected chi connectivity index (χ2v) is 6.48. The van der Waals surface area contributed by atoms with Crippen LogP contribution in [0, 0.1) is 6.92 Å². The monoisotopic (exact) mass is 308 g/mol. The topological polar surface area (TPSA) is 79.3 Å². The predicted molar refractivity (Wildman–Crippen MR) is 82.1 cm³/mol. The molecule has 0 saturated heterocycles. The van der Waals surface area contributed by atoms with Crippen molar-refractivity contribution in [1.82, 2.24) is 10.3 Å². The lowest BCUT2D eigenvalue weighted by molar-refractivity contribution is -0.147. The molecule has 0 aromatic carbocycles. The van der Waals surface area contributed by atoms with Gasteiger partial charge in [-0.3, -0.25) is 4.79 Å². The summed E-state index contributed by atoms with van der Waals surface area (Å²) >= 11 is 1.51. The summed E-state index contributed by atoms with van der Waals surface area (Å²) in [5, 5.41) is 15.0. The van der Waals surface area contributed by atoms with Crippen molar-refractivity contribution in [2.24, 2.45) is 0 Å². The van der Waals surface area contributed by atoms with Crippen molar-refractivity contribution in [1.29, 1.82) is 0 Å². The zero-order valence-electron chi connectivity index (χ0n) is 12.1. The number of aliphatic carboxylic acids is 1. The minimum absolute atomic E-state index is 0.370. The number of amides is 1. The summed E-state index contributed by atoms with van der Waals surface area (Å²) in [7, 11) is 0. The summed E-state index contributed by atoms with van der Waals surface area (Å²) in [6, 6.07) is 0. The van der Waals surface area contributed by atoms with Gasteiger partial charge >= 0.3 is 5.97 Å². The molecule has 114 valence electrons. The summed E-state index contributed by atoms with van der Waals surface area (Å²) < 4.78 is 0. The smallest absolute Gasteiger partial charge is 0.329 e. The number of hydrogen-bond donors (Lipinski definition) is 2. The van der Waals surface area contributed by atoms with E-state index in [2.05, 4.69) is 10.3 Å². The fourth-order valence-electron chi connectivity index (χ4n) is 2.62. The van der Waals surface area contributed by atoms with Gasteiger partial charge in [-0.15, -0.1) is 11.3 Å². The molecule has 1 heterocycles. The Morgan fingerprint density at radius 3 is 2.52 bits per heavy atom. The van der Waals surface area contributed by atoms with E-state index >= 15 is 0 Å². The Kier molecular flexibility index (Phi) is 5.12. The highest BCUT2D eigenvalue weighted by atomic mass is 32.1. The second-order valence-electron chi connectivity index (χ2n) is 5.42. The van der Waals surface area contributed by atoms with Crippen LogP contribution in [0.5, 0.6) is 0 Å². The fourth-order valence-corrected chi connectivity index (χ4v) is 3.20. The molecule has 1 aromatic heterocycles. The van der Waals surface area contributed by atoms with Crippen molar-refractivity contribution in [3.63, 3.8) is 0 Å². The number of thiazole rings is 1. The number of rotatable bonds is 4. The maximum absolute atomic E-state index is 12.0. The average molecular weight is 308 g/mol. The van der Waals surface area contributed by atoms with E-state index in [0.717, 1.165) is 36.4 Å². The van der Waals surface area contributed by atoms with Gasteiger partial charge in [0.2, 0.25) is 5.91 Å². The van der Waals surface area contributed by atoms with Gasteiger partial charge in [0.15, 0.2) is 0 Å². The Bertz CT molecular complexity index is 543. The summed E-state index contributed by atoms with van der Waals surface area (Å²) in [4.78, 5) is 27.9. The van der Waals surface area contributed by atoms with Crippen molar-refractivity contribution >= 4 is 29.3 Å². The van der Waals surface area contributed by atoms with E-state index < -0.39 is 11.5 Å². The number of hydrogen-bond acceptors (Lipinski definition) is 4. The molecule has 0 atom stereocenters. The first kappa shape index (κ1) is 15.7. The number of aryl methyl sites for hydroxylation is 1. The van der Waals surface area contributed by atoms with Gasteiger partial charge in [-0.05, 0) is 25.8 Å². The van der Waals surface area contributed by atoms with E-state index in [1.54, 1.807) is 6.08 Å². The van der Waals surface area contributed by atoms with Crippen molar-refractivity contribution in [2.45, 2.75) is 51.0 Å². The maximum Gasteiger partial charge on any atom is 0.329 e. The highest BCUT2D eigenvalue weighted by Crippen LogP contribution is 2.27. The maximum atomic E-state index is 12.0. The molecule has 1 fully saturated rings. The van der Waals surface area contributed by atoms with Crippen molar-refractivity contribution < 1.29 is 14.7 Å². The molecule has 1 aliphatic carbocycles. The lowest BCUT2D eigenvalue weighted by Gasteiger charge is -2.28. The molecule has 1 aromatic rings. The largest absolute Gasteiger partial charge is 0.480 e. The molecule has 0 bridgehead atoms. The predicted octanol–water partition coefficient (Wildman–Crippen LogP) is 2.76. The molecule has 1 amide bonds. The van der Waals surface area contributed by atoms with Crippen LogP contribution in [-0.2, 0) is 9.59 Å². The number of nitrogens with zero attached hydrogens (tertiary/aromatic N) is 1. The zero-order chi connectivity index (χ0) is 15.3. The third-order valence-electron chi connectivity index (χ3n) is 3.77. The molecule has 21 heavy (non-hydrogen) atoms. The van der Waals surface area contributed by atoms with E-state index in [9.17, 15) is 14.7 Å².